The number of methoxy groups -OCH3 is 1. The first-order valence-electron chi connectivity index (χ1n) is 7.31. The van der Waals surface area contributed by atoms with Gasteiger partial charge in [0.25, 0.3) is 0 Å². The third kappa shape index (κ3) is 4.37. The number of hydrogen-bond donors (Lipinski definition) is 1. The maximum atomic E-state index is 11.4. The Morgan fingerprint density at radius 2 is 2.08 bits per heavy atom. The first-order chi connectivity index (χ1) is 11.5. The SMILES string of the molecule is COC(=O)/C(N)=C/c1cc(OCc2cccc(C#N)c2)ccc1C. The number of hydrogen-bond acceptors (Lipinski definition) is 5. The zero-order valence-corrected chi connectivity index (χ0v) is 13.6. The van der Waals surface area contributed by atoms with Gasteiger partial charge >= 0.3 is 5.97 Å². The molecule has 0 bridgehead atoms. The second-order valence-corrected chi connectivity index (χ2v) is 5.21. The molecule has 122 valence electrons. The predicted molar refractivity (Wildman–Crippen MR) is 90.8 cm³/mol. The van der Waals surface area contributed by atoms with Crippen molar-refractivity contribution in [2.45, 2.75) is 13.5 Å². The van der Waals surface area contributed by atoms with Crippen LogP contribution in [0.15, 0.2) is 48.2 Å². The van der Waals surface area contributed by atoms with Crippen LogP contribution in [0.25, 0.3) is 6.08 Å². The standard InChI is InChI=1S/C19H18N2O3/c1-13-6-7-17(9-16(13)10-18(21)19(22)23-2)24-12-15-5-3-4-14(8-15)11-20/h3-10H,12,21H2,1-2H3/b18-10-. The van der Waals surface area contributed by atoms with E-state index >= 15 is 0 Å². The van der Waals surface area contributed by atoms with E-state index in [9.17, 15) is 4.79 Å². The Kier molecular flexibility index (Phi) is 5.58. The molecule has 0 fully saturated rings. The summed E-state index contributed by atoms with van der Waals surface area (Å²) in [6, 6.07) is 14.9. The monoisotopic (exact) mass is 322 g/mol. The molecular formula is C19H18N2O3. The van der Waals surface area contributed by atoms with Crippen molar-refractivity contribution in [3.05, 3.63) is 70.4 Å². The quantitative estimate of drug-likeness (QED) is 0.676. The van der Waals surface area contributed by atoms with Gasteiger partial charge in [-0.25, -0.2) is 4.79 Å². The Morgan fingerprint density at radius 1 is 1.29 bits per heavy atom. The maximum Gasteiger partial charge on any atom is 0.353 e. The Morgan fingerprint density at radius 3 is 2.79 bits per heavy atom. The molecule has 2 aromatic carbocycles. The lowest BCUT2D eigenvalue weighted by molar-refractivity contribution is -0.136. The summed E-state index contributed by atoms with van der Waals surface area (Å²) >= 11 is 0. The number of nitrogens with two attached hydrogens (primary N) is 1. The number of rotatable bonds is 5. The molecule has 2 N–H and O–H groups in total. The van der Waals surface area contributed by atoms with Gasteiger partial charge in [-0.2, -0.15) is 5.26 Å². The van der Waals surface area contributed by atoms with Crippen LogP contribution in [0.5, 0.6) is 5.75 Å². The highest BCUT2D eigenvalue weighted by Crippen LogP contribution is 2.21. The minimum atomic E-state index is -0.575. The topological polar surface area (TPSA) is 85.3 Å². The smallest absolute Gasteiger partial charge is 0.353 e. The van der Waals surface area contributed by atoms with E-state index in [4.69, 9.17) is 15.7 Å². The molecule has 0 radical (unpaired) electrons. The van der Waals surface area contributed by atoms with Crippen molar-refractivity contribution in [1.82, 2.24) is 0 Å². The van der Waals surface area contributed by atoms with Gasteiger partial charge in [0, 0.05) is 0 Å². The number of carbonyl (C=O) groups excluding carboxylic acids is 1. The van der Waals surface area contributed by atoms with Gasteiger partial charge < -0.3 is 15.2 Å². The zero-order chi connectivity index (χ0) is 17.5. The number of esters is 1. The van der Waals surface area contributed by atoms with Gasteiger partial charge in [0.2, 0.25) is 0 Å². The average Bonchev–Trinajstić information content (AvgIpc) is 2.61. The number of nitrogens with zero attached hydrogens (tertiary/aromatic N) is 1. The first kappa shape index (κ1) is 17.1. The molecule has 0 atom stereocenters. The summed E-state index contributed by atoms with van der Waals surface area (Å²) in [6.45, 7) is 2.25. The van der Waals surface area contributed by atoms with Crippen molar-refractivity contribution in [2.75, 3.05) is 7.11 Å². The van der Waals surface area contributed by atoms with Crippen molar-refractivity contribution in [1.29, 1.82) is 5.26 Å². The van der Waals surface area contributed by atoms with Gasteiger partial charge in [-0.1, -0.05) is 18.2 Å². The summed E-state index contributed by atoms with van der Waals surface area (Å²) in [6.07, 6.45) is 1.56. The average molecular weight is 322 g/mol. The van der Waals surface area contributed by atoms with Gasteiger partial charge in [-0.3, -0.25) is 0 Å². The summed E-state index contributed by atoms with van der Waals surface area (Å²) in [5.41, 5.74) is 8.95. The second kappa shape index (κ2) is 7.84. The van der Waals surface area contributed by atoms with Crippen LogP contribution >= 0.6 is 0 Å². The lowest BCUT2D eigenvalue weighted by Gasteiger charge is -2.09. The molecule has 2 rings (SSSR count). The fraction of sp³-hybridized carbons (Fsp3) is 0.158. The van der Waals surface area contributed by atoms with Crippen molar-refractivity contribution < 1.29 is 14.3 Å². The van der Waals surface area contributed by atoms with E-state index in [-0.39, 0.29) is 5.70 Å². The van der Waals surface area contributed by atoms with Crippen LogP contribution in [0.2, 0.25) is 0 Å². The van der Waals surface area contributed by atoms with Crippen molar-refractivity contribution in [2.24, 2.45) is 5.73 Å². The van der Waals surface area contributed by atoms with Crippen molar-refractivity contribution in [3.8, 4) is 11.8 Å². The highest BCUT2D eigenvalue weighted by Gasteiger charge is 2.07. The van der Waals surface area contributed by atoms with Gasteiger partial charge in [-0.15, -0.1) is 0 Å². The van der Waals surface area contributed by atoms with E-state index in [2.05, 4.69) is 10.8 Å². The first-order valence-corrected chi connectivity index (χ1v) is 7.31. The molecule has 5 heteroatoms. The van der Waals surface area contributed by atoms with Crippen LogP contribution in [0.1, 0.15) is 22.3 Å². The van der Waals surface area contributed by atoms with E-state index in [1.54, 1.807) is 24.3 Å². The maximum absolute atomic E-state index is 11.4. The molecule has 0 amide bonds. The zero-order valence-electron chi connectivity index (χ0n) is 13.6. The third-order valence-corrected chi connectivity index (χ3v) is 3.44. The van der Waals surface area contributed by atoms with E-state index < -0.39 is 5.97 Å². The summed E-state index contributed by atoms with van der Waals surface area (Å²) < 4.78 is 10.4. The van der Waals surface area contributed by atoms with Crippen LogP contribution in [0.3, 0.4) is 0 Å². The molecule has 0 aliphatic carbocycles. The minimum absolute atomic E-state index is 0.0273. The van der Waals surface area contributed by atoms with Crippen molar-refractivity contribution >= 4 is 12.0 Å². The molecule has 0 aliphatic rings. The fourth-order valence-electron chi connectivity index (χ4n) is 2.11. The molecule has 0 unspecified atom stereocenters. The Bertz CT molecular complexity index is 820. The van der Waals surface area contributed by atoms with E-state index in [1.807, 2.05) is 31.2 Å². The third-order valence-electron chi connectivity index (χ3n) is 3.44. The van der Waals surface area contributed by atoms with Gasteiger partial charge in [0.15, 0.2) is 0 Å². The molecule has 0 saturated carbocycles. The van der Waals surface area contributed by atoms with E-state index in [1.165, 1.54) is 7.11 Å². The number of ether oxygens (including phenoxy) is 2. The van der Waals surface area contributed by atoms with Gasteiger partial charge in [0.05, 0.1) is 18.7 Å². The lowest BCUT2D eigenvalue weighted by Crippen LogP contribution is -2.12. The molecule has 24 heavy (non-hydrogen) atoms. The van der Waals surface area contributed by atoms with Gasteiger partial charge in [-0.05, 0) is 54.0 Å². The van der Waals surface area contributed by atoms with Crippen LogP contribution in [-0.2, 0) is 16.1 Å². The number of nitriles is 1. The molecule has 5 nitrogen and oxygen atoms in total. The summed E-state index contributed by atoms with van der Waals surface area (Å²) in [4.78, 5) is 11.4. The number of aryl methyl sites for hydroxylation is 1. The van der Waals surface area contributed by atoms with Crippen LogP contribution in [0, 0.1) is 18.3 Å². The minimum Gasteiger partial charge on any atom is -0.489 e. The van der Waals surface area contributed by atoms with Crippen LogP contribution in [0.4, 0.5) is 0 Å². The summed E-state index contributed by atoms with van der Waals surface area (Å²) in [7, 11) is 1.28. The lowest BCUT2D eigenvalue weighted by atomic mass is 10.1. The Balaban J connectivity index is 2.16. The molecule has 0 heterocycles. The number of benzene rings is 2. The second-order valence-electron chi connectivity index (χ2n) is 5.21. The fourth-order valence-corrected chi connectivity index (χ4v) is 2.11. The Labute approximate surface area is 140 Å². The molecule has 0 aromatic heterocycles. The molecule has 0 spiro atoms. The molecule has 0 saturated heterocycles. The van der Waals surface area contributed by atoms with Crippen LogP contribution < -0.4 is 10.5 Å². The van der Waals surface area contributed by atoms with E-state index in [0.717, 1.165) is 16.7 Å². The van der Waals surface area contributed by atoms with Crippen molar-refractivity contribution in [3.63, 3.8) is 0 Å². The van der Waals surface area contributed by atoms with Gasteiger partial charge in [0.1, 0.15) is 18.1 Å². The molecule has 0 aliphatic heterocycles. The van der Waals surface area contributed by atoms with E-state index in [0.29, 0.717) is 17.9 Å². The molecular weight excluding hydrogens is 304 g/mol. The number of carbonyl (C=O) groups is 1. The van der Waals surface area contributed by atoms with Crippen LogP contribution in [-0.4, -0.2) is 13.1 Å². The molecule has 2 aromatic rings. The Hall–Kier alpha value is -3.26. The normalized spacial score (nSPS) is 10.8. The highest BCUT2D eigenvalue weighted by molar-refractivity contribution is 5.92. The summed E-state index contributed by atoms with van der Waals surface area (Å²) in [5, 5.41) is 8.92. The predicted octanol–water partition coefficient (Wildman–Crippen LogP) is 2.92. The largest absolute Gasteiger partial charge is 0.489 e. The summed E-state index contributed by atoms with van der Waals surface area (Å²) in [5.74, 6) is 0.0703. The highest BCUT2D eigenvalue weighted by atomic mass is 16.5.